The van der Waals surface area contributed by atoms with Gasteiger partial charge in [0.25, 0.3) is 5.56 Å². The lowest BCUT2D eigenvalue weighted by Gasteiger charge is -2.07. The topological polar surface area (TPSA) is 84.9 Å². The van der Waals surface area contributed by atoms with Gasteiger partial charge in [0, 0.05) is 5.56 Å². The number of benzene rings is 1. The number of rotatable bonds is 1. The fraction of sp³-hybridized carbons (Fsp3) is 0.0833. The van der Waals surface area contributed by atoms with E-state index in [1.165, 1.54) is 6.07 Å². The van der Waals surface area contributed by atoms with Gasteiger partial charge in [0.15, 0.2) is 0 Å². The highest BCUT2D eigenvalue weighted by molar-refractivity contribution is 5.74. The lowest BCUT2D eigenvalue weighted by molar-refractivity contribution is 1.25. The molecule has 0 aliphatic heterocycles. The van der Waals surface area contributed by atoms with Crippen LogP contribution in [-0.4, -0.2) is 4.98 Å². The van der Waals surface area contributed by atoms with Crippen molar-refractivity contribution >= 4 is 11.4 Å². The maximum absolute atomic E-state index is 11.4. The van der Waals surface area contributed by atoms with Crippen LogP contribution >= 0.6 is 0 Å². The highest BCUT2D eigenvalue weighted by atomic mass is 16.1. The second kappa shape index (κ2) is 3.73. The normalized spacial score (nSPS) is 10.3. The van der Waals surface area contributed by atoms with Crippen molar-refractivity contribution in [1.29, 1.82) is 0 Å². The van der Waals surface area contributed by atoms with Gasteiger partial charge in [-0.25, -0.2) is 0 Å². The number of nitrogens with one attached hydrogen (secondary N) is 1. The minimum Gasteiger partial charge on any atom is -0.397 e. The average molecular weight is 215 g/mol. The molecule has 2 aromatic rings. The van der Waals surface area contributed by atoms with Crippen LogP contribution in [0.5, 0.6) is 0 Å². The summed E-state index contributed by atoms with van der Waals surface area (Å²) in [6, 6.07) is 9.23. The molecule has 0 spiro atoms. The fourth-order valence-corrected chi connectivity index (χ4v) is 1.60. The van der Waals surface area contributed by atoms with Gasteiger partial charge < -0.3 is 16.5 Å². The Morgan fingerprint density at radius 2 is 1.88 bits per heavy atom. The van der Waals surface area contributed by atoms with Crippen molar-refractivity contribution in [1.82, 2.24) is 4.98 Å². The second-order valence-electron chi connectivity index (χ2n) is 3.75. The predicted octanol–water partition coefficient (Wildman–Crippen LogP) is 1.51. The molecule has 0 amide bonds. The highest BCUT2D eigenvalue weighted by Gasteiger charge is 2.06. The quantitative estimate of drug-likeness (QED) is 0.674. The van der Waals surface area contributed by atoms with E-state index in [9.17, 15) is 4.79 Å². The second-order valence-corrected chi connectivity index (χ2v) is 3.75. The smallest absolute Gasteiger partial charge is 0.271 e. The highest BCUT2D eigenvalue weighted by Crippen LogP contribution is 2.23. The van der Waals surface area contributed by atoms with Gasteiger partial charge in [0.2, 0.25) is 0 Å². The first-order valence-electron chi connectivity index (χ1n) is 4.93. The summed E-state index contributed by atoms with van der Waals surface area (Å²) < 4.78 is 0. The van der Waals surface area contributed by atoms with Gasteiger partial charge in [0.05, 0.1) is 17.1 Å². The molecule has 1 heterocycles. The van der Waals surface area contributed by atoms with Crippen LogP contribution in [0.3, 0.4) is 0 Å². The molecule has 0 atom stereocenters. The maximum atomic E-state index is 11.4. The van der Waals surface area contributed by atoms with Crippen molar-refractivity contribution in [3.63, 3.8) is 0 Å². The Hall–Kier alpha value is -2.23. The first-order valence-corrected chi connectivity index (χ1v) is 4.93. The number of pyridine rings is 1. The third-order valence-corrected chi connectivity index (χ3v) is 2.41. The van der Waals surface area contributed by atoms with E-state index in [1.54, 1.807) is 0 Å². The number of hydrogen-bond acceptors (Lipinski definition) is 3. The Bertz CT molecular complexity index is 587. The molecular weight excluding hydrogens is 202 g/mol. The van der Waals surface area contributed by atoms with Crippen molar-refractivity contribution in [3.8, 4) is 11.3 Å². The van der Waals surface area contributed by atoms with E-state index in [0.29, 0.717) is 11.4 Å². The summed E-state index contributed by atoms with van der Waals surface area (Å²) in [5.74, 6) is 0. The van der Waals surface area contributed by atoms with Crippen LogP contribution in [0.1, 0.15) is 5.56 Å². The molecule has 0 unspecified atom stereocenters. The van der Waals surface area contributed by atoms with Gasteiger partial charge in [0.1, 0.15) is 0 Å². The lowest BCUT2D eigenvalue weighted by atomic mass is 10.1. The van der Waals surface area contributed by atoms with Gasteiger partial charge in [-0.2, -0.15) is 0 Å². The third-order valence-electron chi connectivity index (χ3n) is 2.41. The van der Waals surface area contributed by atoms with Gasteiger partial charge in [-0.1, -0.05) is 23.8 Å². The third kappa shape index (κ3) is 1.77. The Morgan fingerprint density at radius 1 is 1.12 bits per heavy atom. The summed E-state index contributed by atoms with van der Waals surface area (Å²) in [4.78, 5) is 14.1. The monoisotopic (exact) mass is 215 g/mol. The number of nitrogen functional groups attached to an aromatic ring is 2. The van der Waals surface area contributed by atoms with E-state index < -0.39 is 0 Å². The molecule has 1 aromatic heterocycles. The Kier molecular flexibility index (Phi) is 2.40. The molecule has 2 rings (SSSR count). The first-order chi connectivity index (χ1) is 7.58. The fourth-order valence-electron chi connectivity index (χ4n) is 1.60. The van der Waals surface area contributed by atoms with Crippen LogP contribution in [-0.2, 0) is 0 Å². The van der Waals surface area contributed by atoms with Crippen molar-refractivity contribution in [2.75, 3.05) is 11.5 Å². The molecular formula is C12H13N3O. The molecule has 0 aliphatic carbocycles. The molecule has 0 fully saturated rings. The van der Waals surface area contributed by atoms with Crippen LogP contribution < -0.4 is 17.0 Å². The number of aromatic amines is 1. The first kappa shape index (κ1) is 10.3. The molecule has 16 heavy (non-hydrogen) atoms. The van der Waals surface area contributed by atoms with Gasteiger partial charge in [-0.3, -0.25) is 4.79 Å². The zero-order chi connectivity index (χ0) is 11.7. The van der Waals surface area contributed by atoms with E-state index in [0.717, 1.165) is 11.1 Å². The summed E-state index contributed by atoms with van der Waals surface area (Å²) in [5, 5.41) is 0. The molecule has 82 valence electrons. The zero-order valence-corrected chi connectivity index (χ0v) is 8.95. The lowest BCUT2D eigenvalue weighted by Crippen LogP contribution is -2.13. The molecule has 0 radical (unpaired) electrons. The Balaban J connectivity index is 2.65. The molecule has 1 aromatic carbocycles. The van der Waals surface area contributed by atoms with Crippen LogP contribution in [0.4, 0.5) is 11.4 Å². The van der Waals surface area contributed by atoms with Crippen LogP contribution in [0, 0.1) is 6.92 Å². The molecule has 5 N–H and O–H groups in total. The number of aromatic nitrogens is 1. The standard InChI is InChI=1S/C12H13N3O/c1-7-3-2-4-8(5-7)11-9(13)6-10(14)12(16)15-11/h2-6H,13-14H2,1H3,(H,15,16). The summed E-state index contributed by atoms with van der Waals surface area (Å²) >= 11 is 0. The minimum atomic E-state index is -0.314. The summed E-state index contributed by atoms with van der Waals surface area (Å²) in [6.07, 6.45) is 0. The van der Waals surface area contributed by atoms with Crippen molar-refractivity contribution in [3.05, 3.63) is 46.2 Å². The predicted molar refractivity (Wildman–Crippen MR) is 66.1 cm³/mol. The van der Waals surface area contributed by atoms with Gasteiger partial charge in [-0.15, -0.1) is 0 Å². The molecule has 0 saturated carbocycles. The average Bonchev–Trinajstić information content (AvgIpc) is 2.23. The van der Waals surface area contributed by atoms with Gasteiger partial charge in [-0.05, 0) is 19.1 Å². The molecule has 4 heteroatoms. The van der Waals surface area contributed by atoms with E-state index >= 15 is 0 Å². The van der Waals surface area contributed by atoms with E-state index in [-0.39, 0.29) is 11.2 Å². The Morgan fingerprint density at radius 3 is 2.56 bits per heavy atom. The van der Waals surface area contributed by atoms with Crippen molar-refractivity contribution in [2.24, 2.45) is 0 Å². The van der Waals surface area contributed by atoms with E-state index in [1.807, 2.05) is 31.2 Å². The van der Waals surface area contributed by atoms with Crippen molar-refractivity contribution < 1.29 is 0 Å². The molecule has 0 saturated heterocycles. The number of hydrogen-bond donors (Lipinski definition) is 3. The van der Waals surface area contributed by atoms with Gasteiger partial charge >= 0.3 is 0 Å². The largest absolute Gasteiger partial charge is 0.397 e. The SMILES string of the molecule is Cc1cccc(-c2[nH]c(=O)c(N)cc2N)c1. The van der Waals surface area contributed by atoms with Crippen LogP contribution in [0.15, 0.2) is 35.1 Å². The summed E-state index contributed by atoms with van der Waals surface area (Å²) in [6.45, 7) is 1.98. The van der Waals surface area contributed by atoms with Crippen molar-refractivity contribution in [2.45, 2.75) is 6.92 Å². The molecule has 0 aliphatic rings. The van der Waals surface area contributed by atoms with E-state index in [4.69, 9.17) is 11.5 Å². The Labute approximate surface area is 92.9 Å². The number of nitrogens with two attached hydrogens (primary N) is 2. The number of anilines is 2. The van der Waals surface area contributed by atoms with E-state index in [2.05, 4.69) is 4.98 Å². The minimum absolute atomic E-state index is 0.133. The molecule has 4 nitrogen and oxygen atoms in total. The maximum Gasteiger partial charge on any atom is 0.271 e. The summed E-state index contributed by atoms with van der Waals surface area (Å²) in [5.41, 5.74) is 14.2. The number of H-pyrrole nitrogens is 1. The summed E-state index contributed by atoms with van der Waals surface area (Å²) in [7, 11) is 0. The zero-order valence-electron chi connectivity index (χ0n) is 8.95. The molecule has 0 bridgehead atoms. The van der Waals surface area contributed by atoms with Crippen LogP contribution in [0.2, 0.25) is 0 Å². The van der Waals surface area contributed by atoms with Crippen LogP contribution in [0.25, 0.3) is 11.3 Å². The number of aryl methyl sites for hydroxylation is 1.